The lowest BCUT2D eigenvalue weighted by molar-refractivity contribution is -0.139. The minimum atomic E-state index is -0.707. The first-order valence-corrected chi connectivity index (χ1v) is 15.5. The number of nitrogens with zero attached hydrogens (tertiary/aromatic N) is 4. The second-order valence-corrected chi connectivity index (χ2v) is 12.5. The van der Waals surface area contributed by atoms with Crippen molar-refractivity contribution in [3.8, 4) is 21.7 Å². The second-order valence-electron chi connectivity index (χ2n) is 11.4. The lowest BCUT2D eigenvalue weighted by Crippen LogP contribution is -2.51. The van der Waals surface area contributed by atoms with E-state index in [0.717, 1.165) is 58.9 Å². The Morgan fingerprint density at radius 2 is 1.91 bits per heavy atom. The molecule has 3 atom stereocenters. The van der Waals surface area contributed by atoms with Crippen LogP contribution in [0.5, 0.6) is 0 Å². The van der Waals surface area contributed by atoms with Gasteiger partial charge in [-0.05, 0) is 49.3 Å². The van der Waals surface area contributed by atoms with Crippen molar-refractivity contribution >= 4 is 39.8 Å². The number of fused-ring (bicyclic) bond motifs is 1. The third-order valence-electron chi connectivity index (χ3n) is 8.10. The van der Waals surface area contributed by atoms with Crippen LogP contribution >= 0.6 is 11.3 Å². The van der Waals surface area contributed by atoms with E-state index < -0.39 is 18.6 Å². The number of likely N-dealkylation sites (tertiary alicyclic amines) is 1. The van der Waals surface area contributed by atoms with Crippen molar-refractivity contribution in [1.82, 2.24) is 34.9 Å². The minimum Gasteiger partial charge on any atom is -0.387 e. The zero-order valence-electron chi connectivity index (χ0n) is 24.2. The number of amides is 3. The monoisotopic (exact) mass is 604 g/mol. The largest absolute Gasteiger partial charge is 0.387 e. The highest BCUT2D eigenvalue weighted by atomic mass is 32.1. The fraction of sp³-hybridized carbons (Fsp3) is 0.433. The Labute approximate surface area is 252 Å². The number of hydrogen-bond acceptors (Lipinski definition) is 8. The fourth-order valence-corrected chi connectivity index (χ4v) is 6.78. The summed E-state index contributed by atoms with van der Waals surface area (Å²) in [5, 5.41) is 17.9. The number of aromatic amines is 1. The molecule has 43 heavy (non-hydrogen) atoms. The molecule has 6 rings (SSSR count). The van der Waals surface area contributed by atoms with Gasteiger partial charge in [-0.3, -0.25) is 18.8 Å². The summed E-state index contributed by atoms with van der Waals surface area (Å²) >= 11 is 1.55. The number of carbonyl (C=O) groups is 3. The predicted molar refractivity (Wildman–Crippen MR) is 163 cm³/mol. The van der Waals surface area contributed by atoms with Crippen LogP contribution in [0.3, 0.4) is 0 Å². The van der Waals surface area contributed by atoms with E-state index >= 15 is 0 Å². The van der Waals surface area contributed by atoms with E-state index in [2.05, 4.69) is 43.0 Å². The van der Waals surface area contributed by atoms with Crippen molar-refractivity contribution in [2.24, 2.45) is 5.92 Å². The molecule has 3 amide bonds. The molecule has 5 N–H and O–H groups in total. The summed E-state index contributed by atoms with van der Waals surface area (Å²) in [5.41, 5.74) is 2.88. The summed E-state index contributed by atoms with van der Waals surface area (Å²) in [6, 6.07) is 7.11. The summed E-state index contributed by atoms with van der Waals surface area (Å²) in [4.78, 5) is 53.9. The third-order valence-corrected chi connectivity index (χ3v) is 9.15. The van der Waals surface area contributed by atoms with Gasteiger partial charge in [-0.1, -0.05) is 49.4 Å². The smallest absolute Gasteiger partial charge is 0.246 e. The number of hydrogen-bond donors (Lipinski definition) is 5. The van der Waals surface area contributed by atoms with Gasteiger partial charge in [-0.25, -0.2) is 9.97 Å². The predicted octanol–water partition coefficient (Wildman–Crippen LogP) is 2.94. The Bertz CT molecular complexity index is 1590. The molecule has 0 saturated carbocycles. The number of H-pyrrole nitrogens is 1. The molecular weight excluding hydrogens is 568 g/mol. The van der Waals surface area contributed by atoms with E-state index in [4.69, 9.17) is 5.11 Å². The van der Waals surface area contributed by atoms with Crippen LogP contribution in [0.4, 0.5) is 5.82 Å². The Morgan fingerprint density at radius 3 is 2.60 bits per heavy atom. The van der Waals surface area contributed by atoms with Gasteiger partial charge in [-0.2, -0.15) is 0 Å². The number of nitrogens with one attached hydrogen (secondary N) is 4. The Kier molecular flexibility index (Phi) is 8.28. The molecule has 13 heteroatoms. The molecule has 4 aromatic rings. The van der Waals surface area contributed by atoms with Gasteiger partial charge in [0.2, 0.25) is 17.7 Å². The molecular formula is C30H36N8O4S. The maximum absolute atomic E-state index is 13.4. The molecule has 0 radical (unpaired) electrons. The molecule has 0 unspecified atom stereocenters. The molecule has 0 spiro atoms. The third kappa shape index (κ3) is 6.05. The highest BCUT2D eigenvalue weighted by Crippen LogP contribution is 2.34. The van der Waals surface area contributed by atoms with Gasteiger partial charge >= 0.3 is 0 Å². The highest BCUT2D eigenvalue weighted by molar-refractivity contribution is 7.20. The zero-order chi connectivity index (χ0) is 30.1. The molecule has 2 aliphatic heterocycles. The van der Waals surface area contributed by atoms with Gasteiger partial charge < -0.3 is 30.9 Å². The number of imidazole rings is 2. The Hall–Kier alpha value is -4.07. The average molecular weight is 605 g/mol. The van der Waals surface area contributed by atoms with E-state index in [1.165, 1.54) is 0 Å². The Morgan fingerprint density at radius 1 is 1.12 bits per heavy atom. The molecule has 2 aliphatic rings. The molecule has 3 aromatic heterocycles. The van der Waals surface area contributed by atoms with Gasteiger partial charge in [0.1, 0.15) is 18.5 Å². The lowest BCUT2D eigenvalue weighted by atomic mass is 10.0. The number of aliphatic hydroxyl groups excluding tert-OH is 1. The van der Waals surface area contributed by atoms with Crippen molar-refractivity contribution < 1.29 is 19.5 Å². The second kappa shape index (κ2) is 12.3. The maximum Gasteiger partial charge on any atom is 0.246 e. The van der Waals surface area contributed by atoms with E-state index in [1.54, 1.807) is 22.4 Å². The molecule has 2 saturated heterocycles. The summed E-state index contributed by atoms with van der Waals surface area (Å²) in [5.74, 6) is 0.383. The SMILES string of the molecule is CC(C)[C@H](NC(=O)CO)C(=O)N1CCC[C@H]1c1ncc(-c2ccc(-c3cn4cc(NC(=O)[C@@H]5CCCN5)nc4s3)cc2)[nH]1. The first kappa shape index (κ1) is 29.0. The molecule has 1 aromatic carbocycles. The van der Waals surface area contributed by atoms with Crippen LogP contribution in [-0.2, 0) is 14.4 Å². The number of benzene rings is 1. The van der Waals surface area contributed by atoms with Crippen molar-refractivity contribution in [3.05, 3.63) is 48.7 Å². The van der Waals surface area contributed by atoms with Crippen molar-refractivity contribution in [1.29, 1.82) is 0 Å². The zero-order valence-corrected chi connectivity index (χ0v) is 25.0. The summed E-state index contributed by atoms with van der Waals surface area (Å²) in [6.45, 7) is 4.55. The summed E-state index contributed by atoms with van der Waals surface area (Å²) in [6.07, 6.45) is 9.11. The van der Waals surface area contributed by atoms with E-state index in [0.29, 0.717) is 18.2 Å². The van der Waals surface area contributed by atoms with Crippen molar-refractivity contribution in [3.63, 3.8) is 0 Å². The summed E-state index contributed by atoms with van der Waals surface area (Å²) < 4.78 is 1.93. The van der Waals surface area contributed by atoms with Crippen LogP contribution in [0.1, 0.15) is 51.4 Å². The minimum absolute atomic E-state index is 0.0421. The van der Waals surface area contributed by atoms with E-state index in [-0.39, 0.29) is 29.8 Å². The quantitative estimate of drug-likeness (QED) is 0.197. The molecule has 2 fully saturated rings. The van der Waals surface area contributed by atoms with Gasteiger partial charge in [0, 0.05) is 12.7 Å². The van der Waals surface area contributed by atoms with Crippen LogP contribution < -0.4 is 16.0 Å². The number of aliphatic hydroxyl groups is 1. The summed E-state index contributed by atoms with van der Waals surface area (Å²) in [7, 11) is 0. The van der Waals surface area contributed by atoms with Crippen LogP contribution in [-0.4, -0.2) is 78.9 Å². The highest BCUT2D eigenvalue weighted by Gasteiger charge is 2.37. The van der Waals surface area contributed by atoms with E-state index in [1.807, 2.05) is 42.8 Å². The van der Waals surface area contributed by atoms with Crippen LogP contribution in [0.15, 0.2) is 42.9 Å². The number of thiazole rings is 1. The Balaban J connectivity index is 1.13. The van der Waals surface area contributed by atoms with Crippen LogP contribution in [0.25, 0.3) is 26.7 Å². The number of aromatic nitrogens is 4. The van der Waals surface area contributed by atoms with Crippen LogP contribution in [0, 0.1) is 5.92 Å². The normalized spacial score (nSPS) is 19.3. The molecule has 226 valence electrons. The van der Waals surface area contributed by atoms with Crippen LogP contribution in [0.2, 0.25) is 0 Å². The maximum atomic E-state index is 13.4. The van der Waals surface area contributed by atoms with Gasteiger partial charge in [0.15, 0.2) is 10.8 Å². The lowest BCUT2D eigenvalue weighted by Gasteiger charge is -2.30. The number of anilines is 1. The van der Waals surface area contributed by atoms with Crippen molar-refractivity contribution in [2.75, 3.05) is 25.0 Å². The average Bonchev–Trinajstić information content (AvgIpc) is 3.82. The van der Waals surface area contributed by atoms with Gasteiger partial charge in [0.25, 0.3) is 0 Å². The molecule has 0 bridgehead atoms. The van der Waals surface area contributed by atoms with Gasteiger partial charge in [-0.15, -0.1) is 0 Å². The number of rotatable bonds is 9. The molecule has 0 aliphatic carbocycles. The first-order chi connectivity index (χ1) is 20.8. The first-order valence-electron chi connectivity index (χ1n) is 14.7. The van der Waals surface area contributed by atoms with Crippen molar-refractivity contribution in [2.45, 2.75) is 57.7 Å². The molecule has 12 nitrogen and oxygen atoms in total. The van der Waals surface area contributed by atoms with Gasteiger partial charge in [0.05, 0.1) is 35.0 Å². The fourth-order valence-electron chi connectivity index (χ4n) is 5.80. The standard InChI is InChI=1S/C30H36N8O4S/c1-17(2)26(36-25(40)16-39)29(42)38-12-4-6-22(38)27-32-13-21(33-27)18-7-9-19(10-8-18)23-14-37-15-24(35-30(37)43-23)34-28(41)20-5-3-11-31-20/h7-10,13-15,17,20,22,26,31,39H,3-6,11-12,16H2,1-2H3,(H,32,33)(H,34,41)(H,36,40)/t20-,22-,26-/m0/s1. The molecule has 5 heterocycles. The van der Waals surface area contributed by atoms with E-state index in [9.17, 15) is 14.4 Å². The topological polar surface area (TPSA) is 157 Å². The number of carbonyl (C=O) groups excluding carboxylic acids is 3.